The molecule has 3 heteroatoms. The minimum atomic E-state index is -0.121. The van der Waals surface area contributed by atoms with Gasteiger partial charge in [0.05, 0.1) is 17.6 Å². The summed E-state index contributed by atoms with van der Waals surface area (Å²) < 4.78 is 0. The molecule has 1 fully saturated rings. The van der Waals surface area contributed by atoms with Crippen LogP contribution in [-0.2, 0) is 11.2 Å². The van der Waals surface area contributed by atoms with Crippen LogP contribution in [0.25, 0.3) is 0 Å². The second-order valence-corrected chi connectivity index (χ2v) is 7.55. The Bertz CT molecular complexity index is 826. The third kappa shape index (κ3) is 4.29. The van der Waals surface area contributed by atoms with Crippen molar-refractivity contribution in [2.45, 2.75) is 58.9 Å². The molecular weight excluding hydrogens is 332 g/mol. The highest BCUT2D eigenvalue weighted by Gasteiger charge is 2.33. The Morgan fingerprint density at radius 2 is 1.96 bits per heavy atom. The summed E-state index contributed by atoms with van der Waals surface area (Å²) in [6.07, 6.45) is 3.04. The SMILES string of the molecule is CCc1ccc(C)c(N=C(C)C2CCCN2C(=O)C(C)c2ccccc2)c1. The molecule has 1 amide bonds. The molecule has 2 aromatic rings. The number of nitrogens with zero attached hydrogens (tertiary/aromatic N) is 2. The van der Waals surface area contributed by atoms with Crippen LogP contribution in [-0.4, -0.2) is 29.1 Å². The van der Waals surface area contributed by atoms with Gasteiger partial charge in [-0.2, -0.15) is 0 Å². The van der Waals surface area contributed by atoms with Crippen molar-refractivity contribution in [2.24, 2.45) is 4.99 Å². The average Bonchev–Trinajstić information content (AvgIpc) is 3.19. The Morgan fingerprint density at radius 1 is 1.22 bits per heavy atom. The summed E-state index contributed by atoms with van der Waals surface area (Å²) in [6.45, 7) is 9.16. The molecule has 142 valence electrons. The molecule has 1 aliphatic heterocycles. The minimum Gasteiger partial charge on any atom is -0.334 e. The molecule has 2 aromatic carbocycles. The van der Waals surface area contributed by atoms with Gasteiger partial charge in [0.1, 0.15) is 0 Å². The Morgan fingerprint density at radius 3 is 2.67 bits per heavy atom. The van der Waals surface area contributed by atoms with E-state index in [-0.39, 0.29) is 17.9 Å². The highest BCUT2D eigenvalue weighted by molar-refractivity contribution is 5.95. The zero-order valence-corrected chi connectivity index (χ0v) is 16.9. The monoisotopic (exact) mass is 362 g/mol. The van der Waals surface area contributed by atoms with Crippen LogP contribution < -0.4 is 0 Å². The predicted molar refractivity (Wildman–Crippen MR) is 113 cm³/mol. The van der Waals surface area contributed by atoms with E-state index in [1.165, 1.54) is 11.1 Å². The van der Waals surface area contributed by atoms with Crippen molar-refractivity contribution in [3.05, 3.63) is 65.2 Å². The number of likely N-dealkylation sites (tertiary alicyclic amines) is 1. The summed E-state index contributed by atoms with van der Waals surface area (Å²) in [5, 5.41) is 0. The van der Waals surface area contributed by atoms with E-state index in [1.54, 1.807) is 0 Å². The fraction of sp³-hybridized carbons (Fsp3) is 0.417. The average molecular weight is 363 g/mol. The van der Waals surface area contributed by atoms with Gasteiger partial charge in [-0.25, -0.2) is 0 Å². The van der Waals surface area contributed by atoms with Crippen LogP contribution in [0, 0.1) is 6.92 Å². The summed E-state index contributed by atoms with van der Waals surface area (Å²) in [7, 11) is 0. The van der Waals surface area contributed by atoms with Crippen LogP contribution in [0.1, 0.15) is 56.2 Å². The van der Waals surface area contributed by atoms with Crippen molar-refractivity contribution >= 4 is 17.3 Å². The van der Waals surface area contributed by atoms with E-state index in [0.717, 1.165) is 42.8 Å². The van der Waals surface area contributed by atoms with Crippen molar-refractivity contribution in [1.29, 1.82) is 0 Å². The largest absolute Gasteiger partial charge is 0.334 e. The number of aryl methyl sites for hydroxylation is 2. The quantitative estimate of drug-likeness (QED) is 0.651. The number of carbonyl (C=O) groups excluding carboxylic acids is 1. The molecule has 1 saturated heterocycles. The highest BCUT2D eigenvalue weighted by atomic mass is 16.2. The topological polar surface area (TPSA) is 32.7 Å². The number of aliphatic imine (C=N–C) groups is 1. The van der Waals surface area contributed by atoms with Gasteiger partial charge in [-0.3, -0.25) is 9.79 Å². The maximum absolute atomic E-state index is 13.2. The number of hydrogen-bond acceptors (Lipinski definition) is 2. The van der Waals surface area contributed by atoms with Gasteiger partial charge in [-0.15, -0.1) is 0 Å². The minimum absolute atomic E-state index is 0.105. The molecule has 1 aliphatic rings. The third-order valence-corrected chi connectivity index (χ3v) is 5.67. The predicted octanol–water partition coefficient (Wildman–Crippen LogP) is 5.44. The standard InChI is InChI=1S/C24H30N2O/c1-5-20-14-13-17(2)22(16-20)25-19(4)23-12-9-15-26(23)24(27)18(3)21-10-7-6-8-11-21/h6-8,10-11,13-14,16,18,23H,5,9,12,15H2,1-4H3. The molecule has 0 bridgehead atoms. The van der Waals surface area contributed by atoms with Crippen molar-refractivity contribution in [3.63, 3.8) is 0 Å². The van der Waals surface area contributed by atoms with Gasteiger partial charge in [0, 0.05) is 12.3 Å². The van der Waals surface area contributed by atoms with E-state index in [4.69, 9.17) is 4.99 Å². The van der Waals surface area contributed by atoms with Gasteiger partial charge in [0.25, 0.3) is 0 Å². The number of amides is 1. The lowest BCUT2D eigenvalue weighted by atomic mass is 9.99. The van der Waals surface area contributed by atoms with Crippen molar-refractivity contribution < 1.29 is 4.79 Å². The van der Waals surface area contributed by atoms with Gasteiger partial charge in [0.15, 0.2) is 0 Å². The fourth-order valence-electron chi connectivity index (χ4n) is 3.86. The Labute approximate surface area is 163 Å². The van der Waals surface area contributed by atoms with E-state index in [2.05, 4.69) is 39.0 Å². The van der Waals surface area contributed by atoms with E-state index in [0.29, 0.717) is 0 Å². The lowest BCUT2D eigenvalue weighted by Gasteiger charge is -2.28. The fourth-order valence-corrected chi connectivity index (χ4v) is 3.86. The molecular formula is C24H30N2O. The highest BCUT2D eigenvalue weighted by Crippen LogP contribution is 2.28. The second kappa shape index (κ2) is 8.51. The lowest BCUT2D eigenvalue weighted by Crippen LogP contribution is -2.41. The Balaban J connectivity index is 1.82. The molecule has 0 aromatic heterocycles. The van der Waals surface area contributed by atoms with Crippen molar-refractivity contribution in [1.82, 2.24) is 4.90 Å². The van der Waals surface area contributed by atoms with Gasteiger partial charge in [-0.05, 0) is 62.8 Å². The first-order valence-corrected chi connectivity index (χ1v) is 10.0. The maximum atomic E-state index is 13.2. The zero-order valence-electron chi connectivity index (χ0n) is 16.9. The van der Waals surface area contributed by atoms with Crippen LogP contribution >= 0.6 is 0 Å². The van der Waals surface area contributed by atoms with Crippen LogP contribution in [0.3, 0.4) is 0 Å². The smallest absolute Gasteiger partial charge is 0.230 e. The molecule has 3 rings (SSSR count). The molecule has 1 heterocycles. The Kier molecular flexibility index (Phi) is 6.10. The molecule has 2 unspecified atom stereocenters. The van der Waals surface area contributed by atoms with Crippen LogP contribution in [0.2, 0.25) is 0 Å². The molecule has 0 spiro atoms. The van der Waals surface area contributed by atoms with Gasteiger partial charge >= 0.3 is 0 Å². The van der Waals surface area contributed by atoms with Gasteiger partial charge in [0.2, 0.25) is 5.91 Å². The summed E-state index contributed by atoms with van der Waals surface area (Å²) in [6, 6.07) is 16.6. The van der Waals surface area contributed by atoms with Gasteiger partial charge < -0.3 is 4.90 Å². The van der Waals surface area contributed by atoms with E-state index in [9.17, 15) is 4.79 Å². The maximum Gasteiger partial charge on any atom is 0.230 e. The third-order valence-electron chi connectivity index (χ3n) is 5.67. The number of hydrogen-bond donors (Lipinski definition) is 0. The zero-order chi connectivity index (χ0) is 19.4. The van der Waals surface area contributed by atoms with Crippen molar-refractivity contribution in [2.75, 3.05) is 6.54 Å². The molecule has 0 aliphatic carbocycles. The first kappa shape index (κ1) is 19.3. The molecule has 0 radical (unpaired) electrons. The molecule has 3 nitrogen and oxygen atoms in total. The first-order valence-electron chi connectivity index (χ1n) is 10.0. The molecule has 2 atom stereocenters. The molecule has 0 N–H and O–H groups in total. The summed E-state index contributed by atoms with van der Waals surface area (Å²) in [4.78, 5) is 20.1. The van der Waals surface area contributed by atoms with E-state index < -0.39 is 0 Å². The van der Waals surface area contributed by atoms with Crippen molar-refractivity contribution in [3.8, 4) is 0 Å². The number of carbonyl (C=O) groups is 1. The molecule has 27 heavy (non-hydrogen) atoms. The summed E-state index contributed by atoms with van der Waals surface area (Å²) >= 11 is 0. The van der Waals surface area contributed by atoms with E-state index in [1.807, 2.05) is 42.2 Å². The van der Waals surface area contributed by atoms with E-state index >= 15 is 0 Å². The normalized spacial score (nSPS) is 18.6. The summed E-state index contributed by atoms with van der Waals surface area (Å²) in [5.41, 5.74) is 5.62. The Hall–Kier alpha value is -2.42. The summed E-state index contributed by atoms with van der Waals surface area (Å²) in [5.74, 6) is 0.0852. The van der Waals surface area contributed by atoms with Crippen LogP contribution in [0.15, 0.2) is 53.5 Å². The van der Waals surface area contributed by atoms with Gasteiger partial charge in [-0.1, -0.05) is 49.4 Å². The molecule has 0 saturated carbocycles. The number of benzene rings is 2. The van der Waals surface area contributed by atoms with Crippen LogP contribution in [0.4, 0.5) is 5.69 Å². The first-order chi connectivity index (χ1) is 13.0. The second-order valence-electron chi connectivity index (χ2n) is 7.55. The lowest BCUT2D eigenvalue weighted by molar-refractivity contribution is -0.132. The number of rotatable bonds is 5. The van der Waals surface area contributed by atoms with Crippen LogP contribution in [0.5, 0.6) is 0 Å².